The Morgan fingerprint density at radius 3 is 2.80 bits per heavy atom. The highest BCUT2D eigenvalue weighted by Gasteiger charge is 2.16. The number of hydrogen-bond acceptors (Lipinski definition) is 4. The van der Waals surface area contributed by atoms with Gasteiger partial charge in [-0.3, -0.25) is 4.79 Å². The van der Waals surface area contributed by atoms with E-state index in [9.17, 15) is 4.79 Å². The molecule has 1 amide bonds. The number of rotatable bonds is 4. The minimum absolute atomic E-state index is 0.0650. The molecule has 2 aromatic heterocycles. The van der Waals surface area contributed by atoms with Crippen LogP contribution >= 0.6 is 11.3 Å². The average molecular weight is 292 g/mol. The smallest absolute Gasteiger partial charge is 0.261 e. The van der Waals surface area contributed by atoms with Gasteiger partial charge in [-0.1, -0.05) is 32.1 Å². The molecule has 0 unspecified atom stereocenters. The van der Waals surface area contributed by atoms with Crippen LogP contribution in [-0.2, 0) is 13.1 Å². The van der Waals surface area contributed by atoms with Crippen LogP contribution in [0, 0.1) is 12.3 Å². The molecular formula is C14H20N4OS. The number of thiophene rings is 1. The maximum absolute atomic E-state index is 11.9. The summed E-state index contributed by atoms with van der Waals surface area (Å²) >= 11 is 1.43. The van der Waals surface area contributed by atoms with Gasteiger partial charge in [0.2, 0.25) is 0 Å². The Morgan fingerprint density at radius 1 is 1.45 bits per heavy atom. The van der Waals surface area contributed by atoms with E-state index in [4.69, 9.17) is 0 Å². The van der Waals surface area contributed by atoms with Crippen LogP contribution in [0.3, 0.4) is 0 Å². The number of nitrogens with zero attached hydrogens (tertiary/aromatic N) is 3. The molecule has 2 aromatic rings. The molecule has 6 heteroatoms. The van der Waals surface area contributed by atoms with Crippen molar-refractivity contribution in [2.75, 3.05) is 0 Å². The van der Waals surface area contributed by atoms with Crippen LogP contribution in [0.4, 0.5) is 0 Å². The summed E-state index contributed by atoms with van der Waals surface area (Å²) in [6.07, 6.45) is 0. The first kappa shape index (κ1) is 14.7. The molecule has 0 atom stereocenters. The van der Waals surface area contributed by atoms with Gasteiger partial charge in [0.15, 0.2) is 0 Å². The topological polar surface area (TPSA) is 59.8 Å². The number of amides is 1. The van der Waals surface area contributed by atoms with Gasteiger partial charge in [0, 0.05) is 6.54 Å². The van der Waals surface area contributed by atoms with Crippen LogP contribution in [0.1, 0.15) is 41.8 Å². The fourth-order valence-corrected chi connectivity index (χ4v) is 2.46. The van der Waals surface area contributed by atoms with Gasteiger partial charge in [-0.05, 0) is 23.8 Å². The van der Waals surface area contributed by atoms with Crippen LogP contribution in [0.5, 0.6) is 0 Å². The second-order valence-corrected chi connectivity index (χ2v) is 6.95. The number of carbonyl (C=O) groups excluding carboxylic acids is 1. The van der Waals surface area contributed by atoms with Gasteiger partial charge in [-0.15, -0.1) is 16.4 Å². The van der Waals surface area contributed by atoms with Gasteiger partial charge in [-0.2, -0.15) is 0 Å². The Balaban J connectivity index is 1.99. The van der Waals surface area contributed by atoms with E-state index in [0.29, 0.717) is 11.4 Å². The molecule has 0 radical (unpaired) electrons. The first-order chi connectivity index (χ1) is 9.37. The van der Waals surface area contributed by atoms with E-state index in [2.05, 4.69) is 36.4 Å². The molecule has 20 heavy (non-hydrogen) atoms. The van der Waals surface area contributed by atoms with Crippen LogP contribution in [0.25, 0.3) is 0 Å². The molecule has 0 aromatic carbocycles. The molecule has 5 nitrogen and oxygen atoms in total. The van der Waals surface area contributed by atoms with Crippen molar-refractivity contribution >= 4 is 17.2 Å². The van der Waals surface area contributed by atoms with E-state index < -0.39 is 0 Å². The fourth-order valence-electron chi connectivity index (χ4n) is 1.82. The SMILES string of the molecule is Cc1c(CNC(=O)c2cccs2)nnn1CC(C)(C)C. The van der Waals surface area contributed by atoms with Crippen LogP contribution in [0.15, 0.2) is 17.5 Å². The lowest BCUT2D eigenvalue weighted by atomic mass is 9.97. The Morgan fingerprint density at radius 2 is 2.20 bits per heavy atom. The second kappa shape index (κ2) is 5.75. The van der Waals surface area contributed by atoms with Crippen LogP contribution < -0.4 is 5.32 Å². The van der Waals surface area contributed by atoms with Gasteiger partial charge >= 0.3 is 0 Å². The molecule has 0 bridgehead atoms. The molecule has 0 aliphatic carbocycles. The summed E-state index contributed by atoms with van der Waals surface area (Å²) in [7, 11) is 0. The van der Waals surface area contributed by atoms with Crippen molar-refractivity contribution in [3.05, 3.63) is 33.8 Å². The van der Waals surface area contributed by atoms with E-state index in [-0.39, 0.29) is 11.3 Å². The van der Waals surface area contributed by atoms with Crippen molar-refractivity contribution in [2.24, 2.45) is 5.41 Å². The minimum Gasteiger partial charge on any atom is -0.346 e. The number of hydrogen-bond donors (Lipinski definition) is 1. The van der Waals surface area contributed by atoms with E-state index in [0.717, 1.165) is 17.9 Å². The lowest BCUT2D eigenvalue weighted by molar-refractivity contribution is 0.0954. The molecule has 2 heterocycles. The maximum Gasteiger partial charge on any atom is 0.261 e. The largest absolute Gasteiger partial charge is 0.346 e. The highest BCUT2D eigenvalue weighted by atomic mass is 32.1. The van der Waals surface area contributed by atoms with Gasteiger partial charge in [0.25, 0.3) is 5.91 Å². The zero-order chi connectivity index (χ0) is 14.8. The summed E-state index contributed by atoms with van der Waals surface area (Å²) in [6, 6.07) is 3.67. The highest BCUT2D eigenvalue weighted by Crippen LogP contribution is 2.17. The number of nitrogens with one attached hydrogen (secondary N) is 1. The van der Waals surface area contributed by atoms with Gasteiger partial charge in [0.1, 0.15) is 5.69 Å². The molecule has 0 saturated heterocycles. The molecule has 2 rings (SSSR count). The first-order valence-corrected chi connectivity index (χ1v) is 7.45. The van der Waals surface area contributed by atoms with Crippen molar-refractivity contribution in [3.8, 4) is 0 Å². The summed E-state index contributed by atoms with van der Waals surface area (Å²) in [5.41, 5.74) is 1.97. The third-order valence-electron chi connectivity index (χ3n) is 2.86. The normalized spacial score (nSPS) is 11.6. The summed E-state index contributed by atoms with van der Waals surface area (Å²) in [5, 5.41) is 13.1. The Bertz CT molecular complexity index is 581. The van der Waals surface area contributed by atoms with E-state index in [1.54, 1.807) is 0 Å². The fraction of sp³-hybridized carbons (Fsp3) is 0.500. The molecule has 0 spiro atoms. The Hall–Kier alpha value is -1.69. The van der Waals surface area contributed by atoms with Gasteiger partial charge in [0.05, 0.1) is 17.1 Å². The zero-order valence-electron chi connectivity index (χ0n) is 12.3. The average Bonchev–Trinajstić information content (AvgIpc) is 2.97. The lowest BCUT2D eigenvalue weighted by Gasteiger charge is -2.18. The summed E-state index contributed by atoms with van der Waals surface area (Å²) in [5.74, 6) is -0.0650. The van der Waals surface area contributed by atoms with Crippen LogP contribution in [-0.4, -0.2) is 20.9 Å². The second-order valence-electron chi connectivity index (χ2n) is 6.00. The third-order valence-corrected chi connectivity index (χ3v) is 3.73. The van der Waals surface area contributed by atoms with E-state index >= 15 is 0 Å². The highest BCUT2D eigenvalue weighted by molar-refractivity contribution is 7.12. The maximum atomic E-state index is 11.9. The third kappa shape index (κ3) is 3.66. The van der Waals surface area contributed by atoms with Crippen molar-refractivity contribution in [1.29, 1.82) is 0 Å². The van der Waals surface area contributed by atoms with Crippen molar-refractivity contribution in [2.45, 2.75) is 40.8 Å². The van der Waals surface area contributed by atoms with Gasteiger partial charge < -0.3 is 5.32 Å². The quantitative estimate of drug-likeness (QED) is 0.942. The van der Waals surface area contributed by atoms with Crippen molar-refractivity contribution < 1.29 is 4.79 Å². The number of aromatic nitrogens is 3. The molecule has 0 aliphatic rings. The molecule has 108 valence electrons. The summed E-state index contributed by atoms with van der Waals surface area (Å²) in [6.45, 7) is 9.68. The standard InChI is InChI=1S/C14H20N4OS/c1-10-11(16-17-18(10)9-14(2,3)4)8-15-13(19)12-6-5-7-20-12/h5-7H,8-9H2,1-4H3,(H,15,19). The summed E-state index contributed by atoms with van der Waals surface area (Å²) in [4.78, 5) is 12.6. The molecular weight excluding hydrogens is 272 g/mol. The van der Waals surface area contributed by atoms with E-state index in [1.807, 2.05) is 29.1 Å². The van der Waals surface area contributed by atoms with Crippen molar-refractivity contribution in [3.63, 3.8) is 0 Å². The lowest BCUT2D eigenvalue weighted by Crippen LogP contribution is -2.22. The molecule has 0 aliphatic heterocycles. The monoisotopic (exact) mass is 292 g/mol. The minimum atomic E-state index is -0.0650. The Labute approximate surface area is 123 Å². The molecule has 1 N–H and O–H groups in total. The molecule has 0 saturated carbocycles. The predicted molar refractivity (Wildman–Crippen MR) is 79.7 cm³/mol. The van der Waals surface area contributed by atoms with E-state index in [1.165, 1.54) is 11.3 Å². The zero-order valence-corrected chi connectivity index (χ0v) is 13.1. The van der Waals surface area contributed by atoms with Gasteiger partial charge in [-0.25, -0.2) is 4.68 Å². The predicted octanol–water partition coefficient (Wildman–Crippen LogP) is 2.62. The summed E-state index contributed by atoms with van der Waals surface area (Å²) < 4.78 is 1.90. The van der Waals surface area contributed by atoms with Crippen LogP contribution in [0.2, 0.25) is 0 Å². The molecule has 0 fully saturated rings. The Kier molecular flexibility index (Phi) is 4.23. The number of carbonyl (C=O) groups is 1. The van der Waals surface area contributed by atoms with Crippen molar-refractivity contribution in [1.82, 2.24) is 20.3 Å². The first-order valence-electron chi connectivity index (χ1n) is 6.57.